The lowest BCUT2D eigenvalue weighted by Gasteiger charge is -2.17. The van der Waals surface area contributed by atoms with E-state index in [9.17, 15) is 18.0 Å². The van der Waals surface area contributed by atoms with Gasteiger partial charge < -0.3 is 9.47 Å². The predicted octanol–water partition coefficient (Wildman–Crippen LogP) is 3.34. The normalized spacial score (nSPS) is 11.8. The molecule has 1 atom stereocenters. The molecule has 9 nitrogen and oxygen atoms in total. The molecule has 184 valence electrons. The molecule has 0 aliphatic carbocycles. The van der Waals surface area contributed by atoms with Crippen LogP contribution in [0.5, 0.6) is 11.5 Å². The zero-order chi connectivity index (χ0) is 25.6. The maximum atomic E-state index is 12.7. The Morgan fingerprint density at radius 2 is 1.51 bits per heavy atom. The highest BCUT2D eigenvalue weighted by atomic mass is 32.2. The molecular weight excluding hydrogens is 470 g/mol. The third kappa shape index (κ3) is 6.30. The van der Waals surface area contributed by atoms with Gasteiger partial charge in [0, 0.05) is 5.56 Å². The zero-order valence-corrected chi connectivity index (χ0v) is 20.6. The van der Waals surface area contributed by atoms with Crippen molar-refractivity contribution in [2.45, 2.75) is 31.8 Å². The minimum atomic E-state index is -3.91. The number of sulfonamides is 1. The largest absolute Gasteiger partial charge is 0.495 e. The maximum absolute atomic E-state index is 12.7. The number of ether oxygens (including phenoxy) is 2. The summed E-state index contributed by atoms with van der Waals surface area (Å²) in [5.41, 5.74) is 7.02. The van der Waals surface area contributed by atoms with Crippen LogP contribution in [0.2, 0.25) is 0 Å². The van der Waals surface area contributed by atoms with Gasteiger partial charge in [0.25, 0.3) is 21.8 Å². The summed E-state index contributed by atoms with van der Waals surface area (Å²) in [6, 6.07) is 17.4. The first kappa shape index (κ1) is 25.6. The van der Waals surface area contributed by atoms with Crippen LogP contribution in [0.25, 0.3) is 0 Å². The standard InChI is InChI=1S/C25H27N3O6S/c1-16-8-7-11-22(17(16)2)34-18(3)24(29)26-27-25(30)19-12-14-20(15-13-19)35(31,32)28-21-9-5-6-10-23(21)33-4/h5-15,18,28H,1-4H3,(H,26,29)(H,27,30). The van der Waals surface area contributed by atoms with E-state index in [-0.39, 0.29) is 16.1 Å². The number of methoxy groups -OCH3 is 1. The highest BCUT2D eigenvalue weighted by molar-refractivity contribution is 7.92. The van der Waals surface area contributed by atoms with E-state index in [0.29, 0.717) is 11.5 Å². The van der Waals surface area contributed by atoms with Gasteiger partial charge in [0.05, 0.1) is 17.7 Å². The molecule has 10 heteroatoms. The second-order valence-electron chi connectivity index (χ2n) is 7.73. The number of benzene rings is 3. The van der Waals surface area contributed by atoms with Crippen molar-refractivity contribution in [3.63, 3.8) is 0 Å². The molecule has 3 rings (SSSR count). The number of rotatable bonds is 8. The summed E-state index contributed by atoms with van der Waals surface area (Å²) in [7, 11) is -2.47. The average Bonchev–Trinajstić information content (AvgIpc) is 2.85. The lowest BCUT2D eigenvalue weighted by atomic mass is 10.1. The van der Waals surface area contributed by atoms with E-state index >= 15 is 0 Å². The van der Waals surface area contributed by atoms with Crippen LogP contribution in [-0.4, -0.2) is 33.4 Å². The molecule has 0 spiro atoms. The van der Waals surface area contributed by atoms with Crippen molar-refractivity contribution in [2.24, 2.45) is 0 Å². The van der Waals surface area contributed by atoms with Crippen molar-refractivity contribution < 1.29 is 27.5 Å². The number of carbonyl (C=O) groups excluding carboxylic acids is 2. The number of anilines is 1. The Hall–Kier alpha value is -4.05. The van der Waals surface area contributed by atoms with Gasteiger partial charge in [-0.3, -0.25) is 25.2 Å². The second kappa shape index (κ2) is 10.9. The maximum Gasteiger partial charge on any atom is 0.279 e. The van der Waals surface area contributed by atoms with Gasteiger partial charge in [-0.15, -0.1) is 0 Å². The highest BCUT2D eigenvalue weighted by Crippen LogP contribution is 2.26. The number of carbonyl (C=O) groups is 2. The summed E-state index contributed by atoms with van der Waals surface area (Å²) in [6.45, 7) is 5.41. The Morgan fingerprint density at radius 1 is 0.857 bits per heavy atom. The lowest BCUT2D eigenvalue weighted by molar-refractivity contribution is -0.128. The Balaban J connectivity index is 1.59. The zero-order valence-electron chi connectivity index (χ0n) is 19.8. The first-order chi connectivity index (χ1) is 16.6. The van der Waals surface area contributed by atoms with Crippen molar-refractivity contribution in [3.05, 3.63) is 83.4 Å². The molecule has 0 fully saturated rings. The molecule has 0 saturated carbocycles. The number of hydrogen-bond donors (Lipinski definition) is 3. The van der Waals surface area contributed by atoms with Gasteiger partial charge in [0.15, 0.2) is 6.10 Å². The van der Waals surface area contributed by atoms with E-state index in [2.05, 4.69) is 15.6 Å². The monoisotopic (exact) mass is 497 g/mol. The fourth-order valence-electron chi connectivity index (χ4n) is 3.11. The van der Waals surface area contributed by atoms with Crippen LogP contribution in [0.1, 0.15) is 28.4 Å². The van der Waals surface area contributed by atoms with Crippen LogP contribution in [0, 0.1) is 13.8 Å². The topological polar surface area (TPSA) is 123 Å². The van der Waals surface area contributed by atoms with Crippen molar-refractivity contribution in [2.75, 3.05) is 11.8 Å². The summed E-state index contributed by atoms with van der Waals surface area (Å²) in [6.07, 6.45) is -0.857. The minimum Gasteiger partial charge on any atom is -0.495 e. The van der Waals surface area contributed by atoms with Crippen molar-refractivity contribution in [3.8, 4) is 11.5 Å². The van der Waals surface area contributed by atoms with Gasteiger partial charge in [-0.2, -0.15) is 0 Å². The van der Waals surface area contributed by atoms with Crippen LogP contribution in [-0.2, 0) is 14.8 Å². The van der Waals surface area contributed by atoms with Gasteiger partial charge in [-0.25, -0.2) is 8.42 Å². The van der Waals surface area contributed by atoms with E-state index in [1.807, 2.05) is 26.0 Å². The summed E-state index contributed by atoms with van der Waals surface area (Å²) < 4.78 is 38.7. The van der Waals surface area contributed by atoms with E-state index in [0.717, 1.165) is 11.1 Å². The number of aryl methyl sites for hydroxylation is 1. The van der Waals surface area contributed by atoms with Crippen LogP contribution in [0.15, 0.2) is 71.6 Å². The molecule has 3 aromatic rings. The van der Waals surface area contributed by atoms with E-state index in [1.165, 1.54) is 31.4 Å². The van der Waals surface area contributed by atoms with Crippen molar-refractivity contribution in [1.82, 2.24) is 10.9 Å². The minimum absolute atomic E-state index is 0.0421. The molecule has 0 aromatic heterocycles. The van der Waals surface area contributed by atoms with E-state index in [4.69, 9.17) is 9.47 Å². The number of amides is 2. The fourth-order valence-corrected chi connectivity index (χ4v) is 4.18. The molecule has 0 bridgehead atoms. The molecule has 0 aliphatic heterocycles. The molecular formula is C25H27N3O6S. The summed E-state index contributed by atoms with van der Waals surface area (Å²) in [5.74, 6) is -0.200. The quantitative estimate of drug-likeness (QED) is 0.410. The van der Waals surface area contributed by atoms with Crippen LogP contribution in [0.3, 0.4) is 0 Å². The Morgan fingerprint density at radius 3 is 2.20 bits per heavy atom. The third-order valence-corrected chi connectivity index (χ3v) is 6.69. The highest BCUT2D eigenvalue weighted by Gasteiger charge is 2.19. The Labute approximate surface area is 204 Å². The first-order valence-corrected chi connectivity index (χ1v) is 12.2. The molecule has 1 unspecified atom stereocenters. The van der Waals surface area contributed by atoms with Gasteiger partial charge in [-0.1, -0.05) is 24.3 Å². The lowest BCUT2D eigenvalue weighted by Crippen LogP contribution is -2.47. The number of hydrazine groups is 1. The first-order valence-electron chi connectivity index (χ1n) is 10.7. The Bertz CT molecular complexity index is 1320. The van der Waals surface area contributed by atoms with Crippen molar-refractivity contribution in [1.29, 1.82) is 0 Å². The van der Waals surface area contributed by atoms with Gasteiger partial charge in [0.1, 0.15) is 11.5 Å². The van der Waals surface area contributed by atoms with Gasteiger partial charge in [-0.05, 0) is 74.4 Å². The Kier molecular flexibility index (Phi) is 7.98. The van der Waals surface area contributed by atoms with Gasteiger partial charge in [0.2, 0.25) is 0 Å². The van der Waals surface area contributed by atoms with Gasteiger partial charge >= 0.3 is 0 Å². The third-order valence-electron chi connectivity index (χ3n) is 5.31. The van der Waals surface area contributed by atoms with Crippen LogP contribution >= 0.6 is 0 Å². The summed E-state index contributed by atoms with van der Waals surface area (Å²) in [5, 5.41) is 0. The molecule has 0 saturated heterocycles. The van der Waals surface area contributed by atoms with E-state index in [1.54, 1.807) is 37.3 Å². The summed E-state index contributed by atoms with van der Waals surface area (Å²) >= 11 is 0. The fraction of sp³-hybridized carbons (Fsp3) is 0.200. The molecule has 2 amide bonds. The second-order valence-corrected chi connectivity index (χ2v) is 9.41. The van der Waals surface area contributed by atoms with Crippen molar-refractivity contribution >= 4 is 27.5 Å². The summed E-state index contributed by atoms with van der Waals surface area (Å²) in [4.78, 5) is 24.7. The number of nitrogens with one attached hydrogen (secondary N) is 3. The molecule has 0 heterocycles. The molecule has 3 N–H and O–H groups in total. The number of para-hydroxylation sites is 2. The predicted molar refractivity (Wildman–Crippen MR) is 132 cm³/mol. The van der Waals surface area contributed by atoms with Crippen LogP contribution in [0.4, 0.5) is 5.69 Å². The molecule has 35 heavy (non-hydrogen) atoms. The van der Waals surface area contributed by atoms with E-state index < -0.39 is 27.9 Å². The van der Waals surface area contributed by atoms with Crippen LogP contribution < -0.4 is 25.0 Å². The SMILES string of the molecule is COc1ccccc1NS(=O)(=O)c1ccc(C(=O)NNC(=O)C(C)Oc2cccc(C)c2C)cc1. The molecule has 0 aliphatic rings. The smallest absolute Gasteiger partial charge is 0.279 e. The average molecular weight is 498 g/mol. The molecule has 0 radical (unpaired) electrons. The number of hydrogen-bond acceptors (Lipinski definition) is 6. The molecule has 3 aromatic carbocycles.